The first kappa shape index (κ1) is 22.3. The molecule has 0 radical (unpaired) electrons. The molecule has 8 nitrogen and oxygen atoms in total. The molecule has 11 heteroatoms. The monoisotopic (exact) mass is 488 g/mol. The van der Waals surface area contributed by atoms with Crippen LogP contribution in [0.4, 0.5) is 4.79 Å². The summed E-state index contributed by atoms with van der Waals surface area (Å²) >= 11 is 8.10. The molecule has 2 aromatic heterocycles. The number of carbonyl (C=O) groups is 3. The second kappa shape index (κ2) is 9.68. The lowest BCUT2D eigenvalue weighted by atomic mass is 10.2. The molecule has 0 unspecified atom stereocenters. The molecule has 1 N–H and O–H groups in total. The number of benzene rings is 1. The van der Waals surface area contributed by atoms with Crippen molar-refractivity contribution in [1.29, 1.82) is 0 Å². The van der Waals surface area contributed by atoms with Crippen molar-refractivity contribution in [2.75, 3.05) is 13.1 Å². The number of nitrogens with zero attached hydrogens (tertiary/aromatic N) is 3. The molecule has 164 valence electrons. The highest BCUT2D eigenvalue weighted by atomic mass is 35.5. The van der Waals surface area contributed by atoms with E-state index in [1.165, 1.54) is 22.2 Å². The summed E-state index contributed by atoms with van der Waals surface area (Å²) in [6, 6.07) is 8.64. The van der Waals surface area contributed by atoms with E-state index in [0.717, 1.165) is 22.2 Å². The molecule has 0 aliphatic carbocycles. The average Bonchev–Trinajstić information content (AvgIpc) is 3.35. The van der Waals surface area contributed by atoms with Gasteiger partial charge < -0.3 is 5.32 Å². The van der Waals surface area contributed by atoms with E-state index in [-0.39, 0.29) is 42.8 Å². The van der Waals surface area contributed by atoms with Crippen molar-refractivity contribution in [2.24, 2.45) is 0 Å². The van der Waals surface area contributed by atoms with Crippen molar-refractivity contribution < 1.29 is 14.4 Å². The van der Waals surface area contributed by atoms with Crippen LogP contribution < -0.4 is 10.9 Å². The molecule has 1 saturated heterocycles. The van der Waals surface area contributed by atoms with Crippen molar-refractivity contribution >= 4 is 68.0 Å². The predicted octanol–water partition coefficient (Wildman–Crippen LogP) is 3.35. The van der Waals surface area contributed by atoms with Crippen LogP contribution in [-0.2, 0) is 16.1 Å². The third kappa shape index (κ3) is 4.93. The highest BCUT2D eigenvalue weighted by Crippen LogP contribution is 2.32. The predicted molar refractivity (Wildman–Crippen MR) is 126 cm³/mol. The maximum atomic E-state index is 12.5. The van der Waals surface area contributed by atoms with Crippen LogP contribution in [0.15, 0.2) is 51.7 Å². The highest BCUT2D eigenvalue weighted by Gasteiger charge is 2.34. The molecule has 0 spiro atoms. The number of fused-ring (bicyclic) bond motifs is 1. The Bertz CT molecular complexity index is 1280. The Labute approximate surface area is 195 Å². The Morgan fingerprint density at radius 3 is 2.69 bits per heavy atom. The normalized spacial score (nSPS) is 15.2. The molecule has 1 aliphatic heterocycles. The van der Waals surface area contributed by atoms with E-state index in [0.29, 0.717) is 20.1 Å². The van der Waals surface area contributed by atoms with E-state index < -0.39 is 5.91 Å². The molecule has 4 rings (SSSR count). The molecule has 1 fully saturated rings. The van der Waals surface area contributed by atoms with Gasteiger partial charge in [0, 0.05) is 31.1 Å². The van der Waals surface area contributed by atoms with Gasteiger partial charge in [-0.1, -0.05) is 23.7 Å². The van der Waals surface area contributed by atoms with Crippen molar-refractivity contribution in [2.45, 2.75) is 13.0 Å². The molecule has 3 aromatic rings. The van der Waals surface area contributed by atoms with E-state index in [2.05, 4.69) is 10.3 Å². The summed E-state index contributed by atoms with van der Waals surface area (Å²) in [5.74, 6) is -0.683. The van der Waals surface area contributed by atoms with Crippen molar-refractivity contribution in [3.05, 3.63) is 67.9 Å². The number of aromatic nitrogens is 2. The number of thiophene rings is 1. The first-order chi connectivity index (χ1) is 15.4. The van der Waals surface area contributed by atoms with Gasteiger partial charge in [-0.25, -0.2) is 4.98 Å². The number of hydrogen-bond acceptors (Lipinski definition) is 7. The number of hydrogen-bond donors (Lipinski definition) is 1. The zero-order chi connectivity index (χ0) is 22.7. The Morgan fingerprint density at radius 2 is 1.91 bits per heavy atom. The minimum atomic E-state index is -0.397. The molecule has 3 heterocycles. The maximum Gasteiger partial charge on any atom is 0.293 e. The minimum absolute atomic E-state index is 0.0662. The Kier molecular flexibility index (Phi) is 6.73. The van der Waals surface area contributed by atoms with Gasteiger partial charge in [0.05, 0.1) is 16.6 Å². The number of imide groups is 1. The Balaban J connectivity index is 1.28. The zero-order valence-corrected chi connectivity index (χ0v) is 19.0. The number of carbonyl (C=O) groups excluding carboxylic acids is 3. The molecule has 1 aromatic carbocycles. The van der Waals surface area contributed by atoms with Gasteiger partial charge in [0.2, 0.25) is 5.91 Å². The number of amides is 3. The van der Waals surface area contributed by atoms with Gasteiger partial charge in [0.15, 0.2) is 0 Å². The number of rotatable bonds is 7. The fraction of sp³-hybridized carbons (Fsp3) is 0.190. The largest absolute Gasteiger partial charge is 0.354 e. The van der Waals surface area contributed by atoms with E-state index in [1.807, 2.05) is 0 Å². The van der Waals surface area contributed by atoms with E-state index >= 15 is 0 Å². The first-order valence-corrected chi connectivity index (χ1v) is 11.7. The van der Waals surface area contributed by atoms with Crippen LogP contribution in [0.5, 0.6) is 0 Å². The van der Waals surface area contributed by atoms with Gasteiger partial charge >= 0.3 is 0 Å². The SMILES string of the molecule is O=C(CCn1cnc2sccc2c1=O)NCCN1C(=O)S/C(=C\c2ccc(Cl)cc2)C1=O. The molecule has 0 saturated carbocycles. The Morgan fingerprint density at radius 1 is 1.12 bits per heavy atom. The quantitative estimate of drug-likeness (QED) is 0.512. The topological polar surface area (TPSA) is 101 Å². The number of thioether (sulfide) groups is 1. The standard InChI is InChI=1S/C21H17ClN4O4S2/c22-14-3-1-13(2-4-14)11-16-20(29)26(21(30)32-16)9-7-23-17(27)5-8-25-12-24-18-15(19(25)28)6-10-31-18/h1-4,6,10-12H,5,7-9H2,(H,23,27)/b16-11-. The Hall–Kier alpha value is -2.95. The van der Waals surface area contributed by atoms with E-state index in [9.17, 15) is 19.2 Å². The third-order valence-electron chi connectivity index (χ3n) is 4.73. The molecule has 1 aliphatic rings. The lowest BCUT2D eigenvalue weighted by molar-refractivity contribution is -0.124. The number of aryl methyl sites for hydroxylation is 1. The minimum Gasteiger partial charge on any atom is -0.354 e. The summed E-state index contributed by atoms with van der Waals surface area (Å²) < 4.78 is 1.40. The summed E-state index contributed by atoms with van der Waals surface area (Å²) in [4.78, 5) is 55.5. The van der Waals surface area contributed by atoms with Crippen LogP contribution in [0.3, 0.4) is 0 Å². The van der Waals surface area contributed by atoms with Gasteiger partial charge in [-0.05, 0) is 47.0 Å². The summed E-state index contributed by atoms with van der Waals surface area (Å²) in [5.41, 5.74) is 0.577. The van der Waals surface area contributed by atoms with Crippen molar-refractivity contribution in [3.63, 3.8) is 0 Å². The van der Waals surface area contributed by atoms with Crippen LogP contribution in [-0.4, -0.2) is 44.6 Å². The summed E-state index contributed by atoms with van der Waals surface area (Å²) in [7, 11) is 0. The van der Waals surface area contributed by atoms with Gasteiger partial charge in [0.1, 0.15) is 4.83 Å². The third-order valence-corrected chi connectivity index (χ3v) is 6.71. The van der Waals surface area contributed by atoms with E-state index in [4.69, 9.17) is 11.6 Å². The van der Waals surface area contributed by atoms with Crippen molar-refractivity contribution in [3.8, 4) is 0 Å². The second-order valence-corrected chi connectivity index (χ2v) is 9.19. The van der Waals surface area contributed by atoms with Crippen LogP contribution in [0.2, 0.25) is 5.02 Å². The number of nitrogens with one attached hydrogen (secondary N) is 1. The van der Waals surface area contributed by atoms with Crippen LogP contribution in [0, 0.1) is 0 Å². The maximum absolute atomic E-state index is 12.5. The van der Waals surface area contributed by atoms with Gasteiger partial charge in [-0.15, -0.1) is 11.3 Å². The lowest BCUT2D eigenvalue weighted by Gasteiger charge is -2.13. The lowest BCUT2D eigenvalue weighted by Crippen LogP contribution is -2.37. The molecular formula is C21H17ClN4O4S2. The summed E-state index contributed by atoms with van der Waals surface area (Å²) in [5, 5.41) is 5.21. The van der Waals surface area contributed by atoms with Crippen LogP contribution in [0.1, 0.15) is 12.0 Å². The number of halogens is 1. The highest BCUT2D eigenvalue weighted by molar-refractivity contribution is 8.18. The van der Waals surface area contributed by atoms with E-state index in [1.54, 1.807) is 41.8 Å². The molecule has 32 heavy (non-hydrogen) atoms. The second-order valence-electron chi connectivity index (χ2n) is 6.87. The first-order valence-electron chi connectivity index (χ1n) is 9.62. The van der Waals surface area contributed by atoms with Crippen molar-refractivity contribution in [1.82, 2.24) is 19.8 Å². The summed E-state index contributed by atoms with van der Waals surface area (Å²) in [6.07, 6.45) is 3.15. The fourth-order valence-corrected chi connectivity index (χ4v) is 4.79. The van der Waals surface area contributed by atoms with Crippen LogP contribution >= 0.6 is 34.7 Å². The van der Waals surface area contributed by atoms with Crippen LogP contribution in [0.25, 0.3) is 16.3 Å². The average molecular weight is 489 g/mol. The molecule has 3 amide bonds. The molecular weight excluding hydrogens is 472 g/mol. The fourth-order valence-electron chi connectivity index (χ4n) is 3.07. The van der Waals surface area contributed by atoms with Gasteiger partial charge in [0.25, 0.3) is 16.7 Å². The molecule has 0 bridgehead atoms. The van der Waals surface area contributed by atoms with Gasteiger partial charge in [-0.2, -0.15) is 0 Å². The van der Waals surface area contributed by atoms with Gasteiger partial charge in [-0.3, -0.25) is 28.6 Å². The smallest absolute Gasteiger partial charge is 0.293 e. The molecule has 0 atom stereocenters. The zero-order valence-electron chi connectivity index (χ0n) is 16.6. The summed E-state index contributed by atoms with van der Waals surface area (Å²) in [6.45, 7) is 0.382.